The molecule has 3 aliphatic rings. The van der Waals surface area contributed by atoms with E-state index in [4.69, 9.17) is 39.5 Å². The molecule has 8 nitrogen and oxygen atoms in total. The summed E-state index contributed by atoms with van der Waals surface area (Å²) in [5, 5.41) is 2.68. The zero-order chi connectivity index (χ0) is 31.4. The molecule has 2 bridgehead atoms. The monoisotopic (exact) mass is 780 g/mol. The van der Waals surface area contributed by atoms with Gasteiger partial charge in [-0.3, -0.25) is 19.2 Å². The van der Waals surface area contributed by atoms with Crippen LogP contribution in [0.1, 0.15) is 37.5 Å². The highest BCUT2D eigenvalue weighted by molar-refractivity contribution is 9.12. The molecule has 3 aromatic rings. The summed E-state index contributed by atoms with van der Waals surface area (Å²) in [4.78, 5) is 67.4. The summed E-state index contributed by atoms with van der Waals surface area (Å²) in [5.74, 6) is -4.09. The second-order valence-corrected chi connectivity index (χ2v) is 14.2. The fraction of sp³-hybridized carbons (Fsp3) is 0.258. The van der Waals surface area contributed by atoms with E-state index in [1.807, 2.05) is 0 Å². The lowest BCUT2D eigenvalue weighted by Crippen LogP contribution is -2.52. The predicted octanol–water partition coefficient (Wildman–Crippen LogP) is 6.88. The molecule has 2 saturated carbocycles. The van der Waals surface area contributed by atoms with Gasteiger partial charge in [0.2, 0.25) is 0 Å². The zero-order valence-electron chi connectivity index (χ0n) is 22.5. The number of rotatable bonds is 7. The number of halogens is 5. The van der Waals surface area contributed by atoms with Crippen molar-refractivity contribution in [1.29, 1.82) is 0 Å². The number of fused-ring (bicyclic) bond motifs is 5. The Morgan fingerprint density at radius 2 is 1.34 bits per heavy atom. The fourth-order valence-electron chi connectivity index (χ4n) is 6.30. The number of carbonyl (C=O) groups excluding carboxylic acids is 5. The standard InChI is InChI=1S/C31H21Br2Cl3N2O6/c32-26-20-12-21(27(26)33)25-24(20)29(41)38(30(25)42)37(28(40)15-1-5-16(34)6-2-15)13-23(39)14-3-8-18(9-4-14)44-31(43)19-10-7-17(35)11-22(19)36/h1-11,20-21,24-27H,12-13H2/t20-,21-,24-,25-,26-,27+/m1/s1. The molecular formula is C31H21Br2Cl3N2O6. The SMILES string of the molecule is O=C(CN(C(=O)c1ccc(Cl)cc1)N1C(=O)[C@@H]2[C@H]3C[C@@H]([C@@H](Br)[C@H]3Br)[C@H]2C1=O)c1ccc(OC(=O)c2ccc(Cl)cc2Cl)cc1. The Labute approximate surface area is 283 Å². The molecule has 3 fully saturated rings. The van der Waals surface area contributed by atoms with Gasteiger partial charge < -0.3 is 4.74 Å². The van der Waals surface area contributed by atoms with Gasteiger partial charge >= 0.3 is 5.97 Å². The molecule has 1 saturated heterocycles. The van der Waals surface area contributed by atoms with Gasteiger partial charge in [-0.05, 0) is 85.0 Å². The maximum absolute atomic E-state index is 13.8. The highest BCUT2D eigenvalue weighted by Gasteiger charge is 2.67. The van der Waals surface area contributed by atoms with Crippen molar-refractivity contribution >= 4 is 96.1 Å². The summed E-state index contributed by atoms with van der Waals surface area (Å²) in [7, 11) is 0. The summed E-state index contributed by atoms with van der Waals surface area (Å²) in [5.41, 5.74) is 0.439. The number of hydrazine groups is 1. The lowest BCUT2D eigenvalue weighted by atomic mass is 9.81. The van der Waals surface area contributed by atoms with E-state index in [-0.39, 0.29) is 49.0 Å². The van der Waals surface area contributed by atoms with Crippen LogP contribution >= 0.6 is 66.7 Å². The van der Waals surface area contributed by atoms with Crippen molar-refractivity contribution in [3.63, 3.8) is 0 Å². The van der Waals surface area contributed by atoms with Gasteiger partial charge in [0.15, 0.2) is 5.78 Å². The van der Waals surface area contributed by atoms with Crippen LogP contribution < -0.4 is 4.74 Å². The van der Waals surface area contributed by atoms with Crippen LogP contribution in [0.2, 0.25) is 15.1 Å². The fourth-order valence-corrected chi connectivity index (χ4v) is 8.78. The largest absolute Gasteiger partial charge is 0.423 e. The lowest BCUT2D eigenvalue weighted by Gasteiger charge is -2.31. The van der Waals surface area contributed by atoms with E-state index < -0.39 is 47.9 Å². The van der Waals surface area contributed by atoms with Gasteiger partial charge in [0.25, 0.3) is 17.7 Å². The van der Waals surface area contributed by atoms with E-state index >= 15 is 0 Å². The predicted molar refractivity (Wildman–Crippen MR) is 171 cm³/mol. The molecule has 1 heterocycles. The average molecular weight is 784 g/mol. The van der Waals surface area contributed by atoms with Crippen LogP contribution in [-0.2, 0) is 9.59 Å². The van der Waals surface area contributed by atoms with Crippen molar-refractivity contribution in [3.05, 3.63) is 98.5 Å². The van der Waals surface area contributed by atoms with Gasteiger partial charge in [0.05, 0.1) is 22.4 Å². The Hall–Kier alpha value is -2.76. The van der Waals surface area contributed by atoms with Crippen LogP contribution in [0.3, 0.4) is 0 Å². The number of ether oxygens (including phenoxy) is 1. The van der Waals surface area contributed by atoms with E-state index in [0.717, 1.165) is 16.4 Å². The van der Waals surface area contributed by atoms with Crippen molar-refractivity contribution in [3.8, 4) is 5.75 Å². The number of esters is 1. The molecular weight excluding hydrogens is 763 g/mol. The van der Waals surface area contributed by atoms with Gasteiger partial charge in [0.1, 0.15) is 12.3 Å². The summed E-state index contributed by atoms with van der Waals surface area (Å²) in [6, 6.07) is 16.0. The molecule has 0 spiro atoms. The third-order valence-electron chi connectivity index (χ3n) is 8.36. The molecule has 0 aromatic heterocycles. The van der Waals surface area contributed by atoms with E-state index in [1.165, 1.54) is 66.7 Å². The minimum absolute atomic E-state index is 0.0100. The first-order chi connectivity index (χ1) is 21.0. The Bertz CT molecular complexity index is 1670. The summed E-state index contributed by atoms with van der Waals surface area (Å²) >= 11 is 25.3. The zero-order valence-corrected chi connectivity index (χ0v) is 27.9. The summed E-state index contributed by atoms with van der Waals surface area (Å²) in [6.45, 7) is -0.581. The number of carbonyl (C=O) groups is 5. The normalized spacial score (nSPS) is 25.2. The van der Waals surface area contributed by atoms with Crippen molar-refractivity contribution in [2.75, 3.05) is 6.54 Å². The van der Waals surface area contributed by atoms with Gasteiger partial charge in [-0.1, -0.05) is 66.7 Å². The molecule has 2 aliphatic carbocycles. The Kier molecular flexibility index (Phi) is 8.67. The Morgan fingerprint density at radius 3 is 1.91 bits per heavy atom. The smallest absolute Gasteiger partial charge is 0.345 e. The maximum atomic E-state index is 13.8. The number of amides is 3. The number of ketones is 1. The average Bonchev–Trinajstić information content (AvgIpc) is 3.61. The van der Waals surface area contributed by atoms with Crippen LogP contribution in [0, 0.1) is 23.7 Å². The minimum Gasteiger partial charge on any atom is -0.423 e. The van der Waals surface area contributed by atoms with Crippen molar-refractivity contribution in [2.45, 2.75) is 16.1 Å². The van der Waals surface area contributed by atoms with Crippen molar-refractivity contribution < 1.29 is 28.7 Å². The highest BCUT2D eigenvalue weighted by atomic mass is 79.9. The molecule has 3 aromatic carbocycles. The quantitative estimate of drug-likeness (QED) is 0.0852. The van der Waals surface area contributed by atoms with E-state index in [0.29, 0.717) is 10.0 Å². The molecule has 0 radical (unpaired) electrons. The number of hydrogen-bond donors (Lipinski definition) is 0. The first-order valence-corrected chi connectivity index (χ1v) is 16.5. The van der Waals surface area contributed by atoms with Crippen LogP contribution in [0.5, 0.6) is 5.75 Å². The van der Waals surface area contributed by atoms with E-state index in [1.54, 1.807) is 0 Å². The summed E-state index contributed by atoms with van der Waals surface area (Å²) < 4.78 is 5.38. The van der Waals surface area contributed by atoms with Gasteiger partial charge in [-0.25, -0.2) is 9.80 Å². The first kappa shape index (κ1) is 31.2. The number of alkyl halides is 2. The van der Waals surface area contributed by atoms with E-state index in [9.17, 15) is 24.0 Å². The molecule has 1 aliphatic heterocycles. The van der Waals surface area contributed by atoms with Crippen LogP contribution in [-0.4, -0.2) is 55.7 Å². The third-order valence-corrected chi connectivity index (χ3v) is 12.4. The maximum Gasteiger partial charge on any atom is 0.345 e. The highest BCUT2D eigenvalue weighted by Crippen LogP contribution is 2.60. The third kappa shape index (κ3) is 5.49. The molecule has 44 heavy (non-hydrogen) atoms. The molecule has 226 valence electrons. The second-order valence-electron chi connectivity index (χ2n) is 10.8. The minimum atomic E-state index is -0.715. The van der Waals surface area contributed by atoms with Crippen LogP contribution in [0.15, 0.2) is 66.7 Å². The van der Waals surface area contributed by atoms with Crippen LogP contribution in [0.25, 0.3) is 0 Å². The van der Waals surface area contributed by atoms with Crippen molar-refractivity contribution in [1.82, 2.24) is 10.0 Å². The molecule has 0 unspecified atom stereocenters. The van der Waals surface area contributed by atoms with Gasteiger partial charge in [-0.15, -0.1) is 0 Å². The Balaban J connectivity index is 1.24. The van der Waals surface area contributed by atoms with Crippen LogP contribution in [0.4, 0.5) is 0 Å². The van der Waals surface area contributed by atoms with Gasteiger partial charge in [0, 0.05) is 30.8 Å². The Morgan fingerprint density at radius 1 is 0.795 bits per heavy atom. The number of imide groups is 1. The molecule has 6 rings (SSSR count). The number of nitrogens with zero attached hydrogens (tertiary/aromatic N) is 2. The molecule has 13 heteroatoms. The van der Waals surface area contributed by atoms with Gasteiger partial charge in [-0.2, -0.15) is 5.01 Å². The second kappa shape index (κ2) is 12.2. The summed E-state index contributed by atoms with van der Waals surface area (Å²) in [6.07, 6.45) is 0.720. The molecule has 0 N–H and O–H groups in total. The number of Topliss-reactive ketones (excluding diaryl/α,β-unsaturated/α-hetero) is 1. The van der Waals surface area contributed by atoms with E-state index in [2.05, 4.69) is 31.9 Å². The lowest BCUT2D eigenvalue weighted by molar-refractivity contribution is -0.154. The molecule has 3 amide bonds. The number of benzene rings is 3. The molecule has 6 atom stereocenters. The van der Waals surface area contributed by atoms with Crippen molar-refractivity contribution in [2.24, 2.45) is 23.7 Å². The first-order valence-electron chi connectivity index (χ1n) is 13.5. The number of hydrogen-bond acceptors (Lipinski definition) is 6. The topological polar surface area (TPSA) is 101 Å².